The predicted octanol–water partition coefficient (Wildman–Crippen LogP) is 2.53. The molecule has 1 unspecified atom stereocenters. The Hall–Kier alpha value is -2.80. The van der Waals surface area contributed by atoms with Crippen LogP contribution in [0.3, 0.4) is 0 Å². The second-order valence-electron chi connectivity index (χ2n) is 4.70. The fourth-order valence-electron chi connectivity index (χ4n) is 2.05. The number of halogens is 2. The molecule has 3 aromatic rings. The van der Waals surface area contributed by atoms with Crippen molar-refractivity contribution in [1.82, 2.24) is 14.8 Å². The number of aromatic nitrogens is 3. The first-order chi connectivity index (χ1) is 10.5. The Balaban J connectivity index is 1.79. The zero-order valence-electron chi connectivity index (χ0n) is 11.2. The molecule has 0 aliphatic carbocycles. The zero-order valence-corrected chi connectivity index (χ0v) is 11.2. The topological polar surface area (TPSA) is 70.9 Å². The molecule has 0 spiro atoms. The molecule has 0 saturated carbocycles. The second kappa shape index (κ2) is 5.53. The van der Waals surface area contributed by atoms with E-state index in [9.17, 15) is 18.7 Å². The van der Waals surface area contributed by atoms with Gasteiger partial charge in [-0.15, -0.1) is 0 Å². The molecule has 0 amide bonds. The van der Waals surface area contributed by atoms with Crippen LogP contribution in [0, 0.1) is 11.6 Å². The van der Waals surface area contributed by atoms with E-state index in [1.54, 1.807) is 24.5 Å². The van der Waals surface area contributed by atoms with Crippen molar-refractivity contribution in [2.75, 3.05) is 0 Å². The molecule has 5 nitrogen and oxygen atoms in total. The third-order valence-electron chi connectivity index (χ3n) is 3.16. The minimum absolute atomic E-state index is 0.143. The molecular weight excluding hydrogens is 292 g/mol. The van der Waals surface area contributed by atoms with Crippen LogP contribution in [0.5, 0.6) is 0 Å². The van der Waals surface area contributed by atoms with E-state index >= 15 is 0 Å². The van der Waals surface area contributed by atoms with E-state index in [1.165, 1.54) is 6.20 Å². The summed E-state index contributed by atoms with van der Waals surface area (Å²) in [6.07, 6.45) is 3.03. The van der Waals surface area contributed by atoms with E-state index < -0.39 is 23.6 Å². The van der Waals surface area contributed by atoms with Crippen LogP contribution >= 0.6 is 0 Å². The second-order valence-corrected chi connectivity index (χ2v) is 4.70. The van der Waals surface area contributed by atoms with E-state index in [1.807, 2.05) is 0 Å². The van der Waals surface area contributed by atoms with Crippen molar-refractivity contribution in [3.05, 3.63) is 66.1 Å². The molecular formula is C15H11F2N3O2. The predicted molar refractivity (Wildman–Crippen MR) is 74.0 cm³/mol. The molecule has 2 heterocycles. The van der Waals surface area contributed by atoms with Crippen molar-refractivity contribution in [1.29, 1.82) is 0 Å². The minimum Gasteiger partial charge on any atom is -0.378 e. The molecule has 22 heavy (non-hydrogen) atoms. The minimum atomic E-state index is -1.66. The lowest BCUT2D eigenvalue weighted by Crippen LogP contribution is -2.25. The van der Waals surface area contributed by atoms with E-state index in [4.69, 9.17) is 0 Å². The molecule has 7 heteroatoms. The first-order valence-electron chi connectivity index (χ1n) is 6.40. The highest BCUT2D eigenvalue weighted by Gasteiger charge is 2.22. The average molecular weight is 303 g/mol. The van der Waals surface area contributed by atoms with Gasteiger partial charge in [0, 0.05) is 24.0 Å². The lowest BCUT2D eigenvalue weighted by Gasteiger charge is -2.17. The number of rotatable bonds is 3. The Labute approximate surface area is 123 Å². The molecule has 2 aromatic heterocycles. The van der Waals surface area contributed by atoms with E-state index in [0.29, 0.717) is 11.8 Å². The Bertz CT molecular complexity index is 779. The summed E-state index contributed by atoms with van der Waals surface area (Å²) in [6, 6.07) is 6.00. The maximum absolute atomic E-state index is 13.1. The van der Waals surface area contributed by atoms with Gasteiger partial charge in [0.15, 0.2) is 6.10 Å². The Morgan fingerprint density at radius 2 is 1.77 bits per heavy atom. The quantitative estimate of drug-likeness (QED) is 0.781. The maximum atomic E-state index is 13.1. The number of hydrogen-bond acceptors (Lipinski definition) is 3. The highest BCUT2D eigenvalue weighted by atomic mass is 19.1. The average Bonchev–Trinajstić information content (AvgIpc) is 2.45. The molecule has 112 valence electrons. The summed E-state index contributed by atoms with van der Waals surface area (Å²) in [5.74, 6) is -2.44. The number of H-pyrrole nitrogens is 1. The van der Waals surface area contributed by atoms with E-state index in [0.717, 1.165) is 22.4 Å². The fourth-order valence-corrected chi connectivity index (χ4v) is 2.05. The van der Waals surface area contributed by atoms with Crippen LogP contribution < -0.4 is 0 Å². The van der Waals surface area contributed by atoms with Crippen LogP contribution in [0.15, 0.2) is 48.9 Å². The molecule has 0 saturated heterocycles. The van der Waals surface area contributed by atoms with Gasteiger partial charge in [0.25, 0.3) is 5.91 Å². The smallest absolute Gasteiger partial charge is 0.278 e. The van der Waals surface area contributed by atoms with Crippen LogP contribution in [0.25, 0.3) is 11.3 Å². The summed E-state index contributed by atoms with van der Waals surface area (Å²) in [5, 5.41) is 12.7. The van der Waals surface area contributed by atoms with Gasteiger partial charge in [-0.05, 0) is 29.8 Å². The number of aromatic amines is 1. The lowest BCUT2D eigenvalue weighted by atomic mass is 10.1. The summed E-state index contributed by atoms with van der Waals surface area (Å²) in [7, 11) is 0. The highest BCUT2D eigenvalue weighted by Crippen LogP contribution is 2.21. The van der Waals surface area contributed by atoms with E-state index in [-0.39, 0.29) is 5.56 Å². The van der Waals surface area contributed by atoms with Crippen LogP contribution in [-0.2, 0) is 0 Å². The largest absolute Gasteiger partial charge is 0.378 e. The van der Waals surface area contributed by atoms with Crippen molar-refractivity contribution >= 4 is 5.91 Å². The first kappa shape index (κ1) is 14.2. The van der Waals surface area contributed by atoms with Gasteiger partial charge in [-0.1, -0.05) is 0 Å². The third-order valence-corrected chi connectivity index (χ3v) is 3.16. The number of nitrogens with one attached hydrogen (secondary N) is 1. The SMILES string of the molecule is O=C(C(O)c1cc(F)cc(F)c1)n1cc(-c2ccncc2)[nH]1. The summed E-state index contributed by atoms with van der Waals surface area (Å²) in [5.41, 5.74) is 1.36. The molecule has 0 bridgehead atoms. The van der Waals surface area contributed by atoms with Crippen molar-refractivity contribution in [3.63, 3.8) is 0 Å². The number of hydrogen-bond donors (Lipinski definition) is 2. The van der Waals surface area contributed by atoms with E-state index in [2.05, 4.69) is 10.1 Å². The van der Waals surface area contributed by atoms with Gasteiger partial charge in [-0.3, -0.25) is 14.9 Å². The van der Waals surface area contributed by atoms with Gasteiger partial charge in [-0.2, -0.15) is 0 Å². The van der Waals surface area contributed by atoms with Gasteiger partial charge in [0.1, 0.15) is 11.6 Å². The van der Waals surface area contributed by atoms with Crippen molar-refractivity contribution < 1.29 is 18.7 Å². The maximum Gasteiger partial charge on any atom is 0.278 e. The lowest BCUT2D eigenvalue weighted by molar-refractivity contribution is 0.0627. The highest BCUT2D eigenvalue weighted by molar-refractivity contribution is 5.85. The number of nitrogens with zero attached hydrogens (tertiary/aromatic N) is 2. The van der Waals surface area contributed by atoms with Crippen LogP contribution in [0.1, 0.15) is 16.5 Å². The summed E-state index contributed by atoms with van der Waals surface area (Å²) in [4.78, 5) is 15.9. The Kier molecular flexibility index (Phi) is 3.56. The monoisotopic (exact) mass is 303 g/mol. The fraction of sp³-hybridized carbons (Fsp3) is 0.0667. The molecule has 2 N–H and O–H groups in total. The summed E-state index contributed by atoms with van der Waals surface area (Å²) < 4.78 is 27.3. The molecule has 0 fully saturated rings. The number of carbonyl (C=O) groups is 1. The number of benzene rings is 1. The van der Waals surface area contributed by atoms with Gasteiger partial charge in [-0.25, -0.2) is 13.5 Å². The third kappa shape index (κ3) is 2.66. The Morgan fingerprint density at radius 3 is 2.36 bits per heavy atom. The normalized spacial score (nSPS) is 12.3. The van der Waals surface area contributed by atoms with Crippen LogP contribution in [-0.4, -0.2) is 25.8 Å². The molecule has 1 atom stereocenters. The molecule has 3 rings (SSSR count). The summed E-state index contributed by atoms with van der Waals surface area (Å²) in [6.45, 7) is 0. The van der Waals surface area contributed by atoms with Crippen LogP contribution in [0.4, 0.5) is 8.78 Å². The van der Waals surface area contributed by atoms with Gasteiger partial charge >= 0.3 is 0 Å². The number of carbonyl (C=O) groups excluding carboxylic acids is 1. The number of pyridine rings is 1. The molecule has 0 aliphatic heterocycles. The molecule has 0 radical (unpaired) electrons. The molecule has 1 aromatic carbocycles. The van der Waals surface area contributed by atoms with Crippen LogP contribution in [0.2, 0.25) is 0 Å². The van der Waals surface area contributed by atoms with Gasteiger partial charge < -0.3 is 5.11 Å². The van der Waals surface area contributed by atoms with Crippen molar-refractivity contribution in [2.45, 2.75) is 6.10 Å². The molecule has 0 aliphatic rings. The first-order valence-corrected chi connectivity index (χ1v) is 6.40. The standard InChI is InChI=1S/C15H11F2N3O2/c16-11-5-10(6-12(17)7-11)14(21)15(22)20-8-13(19-20)9-1-3-18-4-2-9/h1-8,14,19,21H. The van der Waals surface area contributed by atoms with Crippen molar-refractivity contribution in [3.8, 4) is 11.3 Å². The number of aliphatic hydroxyl groups excluding tert-OH is 1. The number of aliphatic hydroxyl groups is 1. The zero-order chi connectivity index (χ0) is 15.7. The van der Waals surface area contributed by atoms with Gasteiger partial charge in [0.2, 0.25) is 0 Å². The van der Waals surface area contributed by atoms with Gasteiger partial charge in [0.05, 0.1) is 11.9 Å². The Morgan fingerprint density at radius 1 is 1.18 bits per heavy atom. The summed E-state index contributed by atoms with van der Waals surface area (Å²) >= 11 is 0. The van der Waals surface area contributed by atoms with Crippen molar-refractivity contribution in [2.24, 2.45) is 0 Å².